The minimum absolute atomic E-state index is 0.823. The summed E-state index contributed by atoms with van der Waals surface area (Å²) >= 11 is 5.23. The molecule has 0 aromatic heterocycles. The molecule has 13 heavy (non-hydrogen) atoms. The highest BCUT2D eigenvalue weighted by molar-refractivity contribution is 7.80. The van der Waals surface area contributed by atoms with Gasteiger partial charge in [0.05, 0.1) is 7.11 Å². The number of ether oxygens (including phenoxy) is 1. The standard InChI is InChI=1S/C11H9OS/c1-12-9-6-8-4-2-3-5-10(8)11(13)7-9/h2-7H,1H3. The summed E-state index contributed by atoms with van der Waals surface area (Å²) in [6.45, 7) is 0. The van der Waals surface area contributed by atoms with Crippen molar-refractivity contribution in [3.05, 3.63) is 36.4 Å². The lowest BCUT2D eigenvalue weighted by molar-refractivity contribution is 0.414. The average molecular weight is 189 g/mol. The Morgan fingerprint density at radius 2 is 1.92 bits per heavy atom. The van der Waals surface area contributed by atoms with Crippen molar-refractivity contribution >= 4 is 23.4 Å². The molecule has 2 heteroatoms. The van der Waals surface area contributed by atoms with Gasteiger partial charge in [0, 0.05) is 4.90 Å². The lowest BCUT2D eigenvalue weighted by Crippen LogP contribution is -1.83. The second-order valence-electron chi connectivity index (χ2n) is 2.85. The third-order valence-electron chi connectivity index (χ3n) is 2.03. The van der Waals surface area contributed by atoms with Crippen LogP contribution >= 0.6 is 12.6 Å². The molecule has 65 valence electrons. The predicted octanol–water partition coefficient (Wildman–Crippen LogP) is 3.40. The van der Waals surface area contributed by atoms with Crippen LogP contribution in [0.1, 0.15) is 0 Å². The van der Waals surface area contributed by atoms with Crippen LogP contribution in [0.3, 0.4) is 0 Å². The molecule has 0 atom stereocenters. The van der Waals surface area contributed by atoms with Crippen LogP contribution in [0.2, 0.25) is 0 Å². The molecular formula is C11H9OS. The molecule has 0 heterocycles. The van der Waals surface area contributed by atoms with Gasteiger partial charge in [0.1, 0.15) is 5.75 Å². The van der Waals surface area contributed by atoms with E-state index in [2.05, 4.69) is 0 Å². The SMILES string of the molecule is COc1cc([S])c2ccccc2c1. The van der Waals surface area contributed by atoms with Crippen LogP contribution < -0.4 is 4.74 Å². The molecule has 1 radical (unpaired) electrons. The quantitative estimate of drug-likeness (QED) is 0.668. The Morgan fingerprint density at radius 3 is 2.69 bits per heavy atom. The molecule has 0 aliphatic heterocycles. The molecule has 2 aromatic carbocycles. The van der Waals surface area contributed by atoms with Gasteiger partial charge in [-0.1, -0.05) is 36.9 Å². The molecule has 0 saturated heterocycles. The third-order valence-corrected chi connectivity index (χ3v) is 2.37. The highest BCUT2D eigenvalue weighted by Crippen LogP contribution is 2.27. The summed E-state index contributed by atoms with van der Waals surface area (Å²) in [4.78, 5) is 0.843. The molecule has 0 fully saturated rings. The van der Waals surface area contributed by atoms with Gasteiger partial charge in [0.15, 0.2) is 0 Å². The van der Waals surface area contributed by atoms with Crippen molar-refractivity contribution in [3.63, 3.8) is 0 Å². The van der Waals surface area contributed by atoms with Crippen LogP contribution in [0.25, 0.3) is 10.8 Å². The smallest absolute Gasteiger partial charge is 0.120 e. The van der Waals surface area contributed by atoms with Crippen molar-refractivity contribution in [2.24, 2.45) is 0 Å². The van der Waals surface area contributed by atoms with Crippen molar-refractivity contribution < 1.29 is 4.74 Å². The van der Waals surface area contributed by atoms with Gasteiger partial charge in [-0.05, 0) is 22.9 Å². The summed E-state index contributed by atoms with van der Waals surface area (Å²) in [6, 6.07) is 11.9. The maximum absolute atomic E-state index is 5.23. The van der Waals surface area contributed by atoms with Crippen molar-refractivity contribution in [2.45, 2.75) is 4.90 Å². The third kappa shape index (κ3) is 1.45. The number of benzene rings is 2. The number of methoxy groups -OCH3 is 1. The largest absolute Gasteiger partial charge is 0.497 e. The van der Waals surface area contributed by atoms with Crippen molar-refractivity contribution in [1.29, 1.82) is 0 Å². The fraction of sp³-hybridized carbons (Fsp3) is 0.0909. The summed E-state index contributed by atoms with van der Waals surface area (Å²) in [5, 5.41) is 2.24. The average Bonchev–Trinajstić information content (AvgIpc) is 2.18. The monoisotopic (exact) mass is 189 g/mol. The van der Waals surface area contributed by atoms with Crippen LogP contribution in [0.5, 0.6) is 5.75 Å². The highest BCUT2D eigenvalue weighted by atomic mass is 32.1. The summed E-state index contributed by atoms with van der Waals surface area (Å²) in [5.41, 5.74) is 0. The lowest BCUT2D eigenvalue weighted by atomic mass is 10.1. The van der Waals surface area contributed by atoms with E-state index in [0.717, 1.165) is 21.4 Å². The molecule has 0 aliphatic carbocycles. The fourth-order valence-electron chi connectivity index (χ4n) is 1.37. The molecule has 1 nitrogen and oxygen atoms in total. The van der Waals surface area contributed by atoms with Crippen molar-refractivity contribution in [3.8, 4) is 5.75 Å². The molecule has 2 rings (SSSR count). The summed E-state index contributed by atoms with van der Waals surface area (Å²) in [5.74, 6) is 0.823. The first kappa shape index (κ1) is 8.32. The molecule has 0 N–H and O–H groups in total. The van der Waals surface area contributed by atoms with Gasteiger partial charge in [0.25, 0.3) is 0 Å². The van der Waals surface area contributed by atoms with E-state index in [1.165, 1.54) is 0 Å². The molecule has 0 bridgehead atoms. The van der Waals surface area contributed by atoms with Gasteiger partial charge >= 0.3 is 0 Å². The Bertz CT molecular complexity index is 437. The topological polar surface area (TPSA) is 9.23 Å². The molecule has 0 unspecified atom stereocenters. The van der Waals surface area contributed by atoms with Gasteiger partial charge in [-0.25, -0.2) is 0 Å². The van der Waals surface area contributed by atoms with Crippen LogP contribution in [0.15, 0.2) is 41.3 Å². The van der Waals surface area contributed by atoms with Gasteiger partial charge in [-0.15, -0.1) is 0 Å². The maximum atomic E-state index is 5.23. The number of hydrogen-bond acceptors (Lipinski definition) is 1. The molecule has 0 saturated carbocycles. The van der Waals surface area contributed by atoms with Gasteiger partial charge in [-0.3, -0.25) is 0 Å². The second kappa shape index (κ2) is 3.23. The Labute approximate surface area is 82.7 Å². The second-order valence-corrected chi connectivity index (χ2v) is 3.29. The molecular weight excluding hydrogens is 180 g/mol. The van der Waals surface area contributed by atoms with E-state index < -0.39 is 0 Å². The summed E-state index contributed by atoms with van der Waals surface area (Å²) in [7, 11) is 1.65. The van der Waals surface area contributed by atoms with E-state index in [0.29, 0.717) is 0 Å². The van der Waals surface area contributed by atoms with E-state index in [1.807, 2.05) is 36.4 Å². The van der Waals surface area contributed by atoms with Gasteiger partial charge < -0.3 is 4.74 Å². The van der Waals surface area contributed by atoms with E-state index in [-0.39, 0.29) is 0 Å². The van der Waals surface area contributed by atoms with Crippen LogP contribution in [0.4, 0.5) is 0 Å². The first-order chi connectivity index (χ1) is 6.31. The number of rotatable bonds is 1. The number of fused-ring (bicyclic) bond motifs is 1. The zero-order valence-corrected chi connectivity index (χ0v) is 8.10. The van der Waals surface area contributed by atoms with E-state index in [4.69, 9.17) is 17.4 Å². The van der Waals surface area contributed by atoms with Crippen LogP contribution in [0, 0.1) is 0 Å². The fourth-order valence-corrected chi connectivity index (χ4v) is 1.67. The summed E-state index contributed by atoms with van der Waals surface area (Å²) in [6.07, 6.45) is 0. The van der Waals surface area contributed by atoms with E-state index in [1.54, 1.807) is 7.11 Å². The first-order valence-electron chi connectivity index (χ1n) is 4.05. The Balaban J connectivity index is 2.77. The molecule has 0 amide bonds. The maximum Gasteiger partial charge on any atom is 0.120 e. The number of hydrogen-bond donors (Lipinski definition) is 0. The Kier molecular flexibility index (Phi) is 2.07. The van der Waals surface area contributed by atoms with E-state index in [9.17, 15) is 0 Å². The summed E-state index contributed by atoms with van der Waals surface area (Å²) < 4.78 is 5.14. The van der Waals surface area contributed by atoms with Crippen molar-refractivity contribution in [2.75, 3.05) is 7.11 Å². The van der Waals surface area contributed by atoms with Crippen LogP contribution in [-0.2, 0) is 0 Å². The zero-order chi connectivity index (χ0) is 9.26. The molecule has 0 aliphatic rings. The highest BCUT2D eigenvalue weighted by Gasteiger charge is 2.00. The lowest BCUT2D eigenvalue weighted by Gasteiger charge is -2.04. The Morgan fingerprint density at radius 1 is 1.15 bits per heavy atom. The first-order valence-corrected chi connectivity index (χ1v) is 4.46. The minimum atomic E-state index is 0.823. The Hall–Kier alpha value is -1.28. The molecule has 0 spiro atoms. The van der Waals surface area contributed by atoms with Gasteiger partial charge in [-0.2, -0.15) is 0 Å². The van der Waals surface area contributed by atoms with E-state index >= 15 is 0 Å². The van der Waals surface area contributed by atoms with Crippen LogP contribution in [-0.4, -0.2) is 7.11 Å². The van der Waals surface area contributed by atoms with Crippen molar-refractivity contribution in [1.82, 2.24) is 0 Å². The predicted molar refractivity (Wildman–Crippen MR) is 56.4 cm³/mol. The minimum Gasteiger partial charge on any atom is -0.497 e. The van der Waals surface area contributed by atoms with Gasteiger partial charge in [0.2, 0.25) is 0 Å². The molecule has 2 aromatic rings. The normalized spacial score (nSPS) is 10.2. The zero-order valence-electron chi connectivity index (χ0n) is 7.28.